The number of aromatic nitrogens is 2. The summed E-state index contributed by atoms with van der Waals surface area (Å²) in [5, 5.41) is 45.3. The number of phenols is 3. The number of carbonyl (C=O) groups excluding carboxylic acids is 4. The summed E-state index contributed by atoms with van der Waals surface area (Å²) in [7, 11) is 0. The van der Waals surface area contributed by atoms with Crippen LogP contribution in [-0.4, -0.2) is 196 Å². The molecule has 16 rings (SSSR count). The van der Waals surface area contributed by atoms with Crippen molar-refractivity contribution in [3.05, 3.63) is 255 Å². The Hall–Kier alpha value is -11.1. The summed E-state index contributed by atoms with van der Waals surface area (Å²) in [5.74, 6) is 3.47. The largest absolute Gasteiger partial charge is 0.507 e. The molecule has 6 aromatic carbocycles. The summed E-state index contributed by atoms with van der Waals surface area (Å²) in [6.45, 7) is 27.7. The molecule has 111 heavy (non-hydrogen) atoms. The number of ether oxygens (including phenoxy) is 4. The van der Waals surface area contributed by atoms with E-state index in [9.17, 15) is 34.5 Å². The van der Waals surface area contributed by atoms with Gasteiger partial charge in [0.1, 0.15) is 74.0 Å². The highest BCUT2D eigenvalue weighted by molar-refractivity contribution is 5.98. The fraction of sp³-hybridized carbons (Fsp3) is 0.356. The van der Waals surface area contributed by atoms with E-state index < -0.39 is 16.8 Å². The molecule has 4 amide bonds. The Balaban J connectivity index is 0.000000130. The van der Waals surface area contributed by atoms with Crippen molar-refractivity contribution in [1.29, 1.82) is 0 Å². The average Bonchev–Trinajstić information content (AvgIpc) is 1.77. The van der Waals surface area contributed by atoms with E-state index in [4.69, 9.17) is 18.9 Å². The highest BCUT2D eigenvalue weighted by Crippen LogP contribution is 2.49. The quantitative estimate of drug-likeness (QED) is 0.0475. The predicted molar refractivity (Wildman–Crippen MR) is 433 cm³/mol. The molecule has 21 heteroatoms. The van der Waals surface area contributed by atoms with Gasteiger partial charge in [0.25, 0.3) is 23.6 Å². The summed E-state index contributed by atoms with van der Waals surface area (Å²) in [6, 6.07) is 47.1. The van der Waals surface area contributed by atoms with E-state index in [1.54, 1.807) is 69.6 Å². The Kier molecular flexibility index (Phi) is 23.9. The zero-order chi connectivity index (χ0) is 78.0. The number of para-hydroxylation sites is 2. The molecule has 4 spiro atoms. The number of phenolic OH excluding ortho intramolecular Hbond substituents is 3. The lowest BCUT2D eigenvalue weighted by Gasteiger charge is -2.33. The number of fused-ring (bicyclic) bond motifs is 4. The highest BCUT2D eigenvalue weighted by atomic mass is 16.5. The first-order valence-electron chi connectivity index (χ1n) is 39.2. The number of hydrogen-bond donors (Lipinski definition) is 7. The first kappa shape index (κ1) is 78.0. The topological polar surface area (TPSA) is 253 Å². The van der Waals surface area contributed by atoms with E-state index in [0.717, 1.165) is 145 Å². The summed E-state index contributed by atoms with van der Waals surface area (Å²) in [5.41, 5.74) is 11.4. The lowest BCUT2D eigenvalue weighted by atomic mass is 9.87. The Labute approximate surface area is 650 Å². The number of pyridine rings is 2. The van der Waals surface area contributed by atoms with Crippen molar-refractivity contribution in [2.24, 2.45) is 0 Å². The smallest absolute Gasteiger partial charge is 0.272 e. The molecule has 8 aliphatic heterocycles. The van der Waals surface area contributed by atoms with Crippen LogP contribution in [-0.2, 0) is 0 Å². The number of aromatic hydroxyl groups is 3. The van der Waals surface area contributed by atoms with Crippen molar-refractivity contribution in [3.8, 4) is 40.2 Å². The van der Waals surface area contributed by atoms with Gasteiger partial charge in [-0.1, -0.05) is 72.8 Å². The first-order valence-corrected chi connectivity index (χ1v) is 39.2. The van der Waals surface area contributed by atoms with Crippen molar-refractivity contribution < 1.29 is 53.4 Å². The van der Waals surface area contributed by atoms with Crippen LogP contribution in [0.5, 0.6) is 40.2 Å². The maximum Gasteiger partial charge on any atom is 0.272 e. The number of amides is 4. The third kappa shape index (κ3) is 16.4. The zero-order valence-corrected chi connectivity index (χ0v) is 64.8. The van der Waals surface area contributed by atoms with Gasteiger partial charge in [0.05, 0.1) is 11.1 Å². The van der Waals surface area contributed by atoms with E-state index in [1.165, 1.54) is 0 Å². The number of rotatable bonds is 16. The second-order valence-electron chi connectivity index (χ2n) is 29.0. The first-order chi connectivity index (χ1) is 53.9. The van der Waals surface area contributed by atoms with Gasteiger partial charge >= 0.3 is 0 Å². The van der Waals surface area contributed by atoms with Gasteiger partial charge in [0.2, 0.25) is 0 Å². The molecule has 4 unspecified atom stereocenters. The molecule has 8 aromatic rings. The second-order valence-corrected chi connectivity index (χ2v) is 29.0. The van der Waals surface area contributed by atoms with E-state index in [1.807, 2.05) is 163 Å². The zero-order valence-electron chi connectivity index (χ0n) is 64.8. The van der Waals surface area contributed by atoms with E-state index in [-0.39, 0.29) is 46.5 Å². The van der Waals surface area contributed by atoms with Gasteiger partial charge in [-0.05, 0) is 213 Å². The standard InChI is InChI=1S/2C23H26N2O3.C22H25N3O3.C22H25N3O2/c1-3-25(4-2)22(27)17-10-8-16(9-11-17)18-14-23(12-13-24-15-23)28-20-7-5-6-19(26)21(18)20;1-3-25(4-2)22(27)16-9-10-17(20(26)13-16)19-14-23(11-12-24-15-23)28-21-8-6-5-7-18(19)21;1-3-25(4-2)21(27)17-9-8-15(13-24-17)16-12-22(10-11-23-14-22)28-19-7-5-6-18(26)20(16)19;1-3-25(4-2)21(26)19-10-9-16(14-24-19)18-13-22(11-12-23-15-22)27-20-8-6-5-7-17(18)20/h5-11,14,24,26H,3-4,12-13,15H2,1-2H3;5-10,13-14,24,26H,3-4,11-12,15H2,1-2H3;5-9,12-13,23,26H,3-4,10-11,14H2,1-2H3;5-10,13-14,23H,3-4,11-12,15H2,1-2H3. The maximum absolute atomic E-state index is 12.6. The van der Waals surface area contributed by atoms with Crippen LogP contribution >= 0.6 is 0 Å². The van der Waals surface area contributed by atoms with Gasteiger partial charge in [-0.25, -0.2) is 0 Å². The molecule has 0 bridgehead atoms. The van der Waals surface area contributed by atoms with Gasteiger partial charge in [0.15, 0.2) is 0 Å². The molecule has 2 aromatic heterocycles. The fourth-order valence-electron chi connectivity index (χ4n) is 15.9. The number of hydrogen-bond acceptors (Lipinski definition) is 17. The van der Waals surface area contributed by atoms with Crippen molar-refractivity contribution in [3.63, 3.8) is 0 Å². The van der Waals surface area contributed by atoms with Gasteiger partial charge in [-0.2, -0.15) is 0 Å². The number of nitrogens with one attached hydrogen (secondary N) is 4. The lowest BCUT2D eigenvalue weighted by Crippen LogP contribution is -2.38. The number of nitrogens with zero attached hydrogens (tertiary/aromatic N) is 6. The molecule has 4 saturated heterocycles. The minimum atomic E-state index is -0.425. The monoisotopic (exact) mass is 1500 g/mol. The molecule has 10 heterocycles. The van der Waals surface area contributed by atoms with Crippen molar-refractivity contribution >= 4 is 45.9 Å². The van der Waals surface area contributed by atoms with Crippen LogP contribution < -0.4 is 40.2 Å². The highest BCUT2D eigenvalue weighted by Gasteiger charge is 2.44. The Morgan fingerprint density at radius 3 is 1.09 bits per heavy atom. The lowest BCUT2D eigenvalue weighted by molar-refractivity contribution is 0.0759. The molecular formula is C90H102N10O11. The van der Waals surface area contributed by atoms with Crippen molar-refractivity contribution in [2.45, 2.75) is 103 Å². The van der Waals surface area contributed by atoms with Gasteiger partial charge in [-0.3, -0.25) is 29.1 Å². The number of benzene rings is 6. The van der Waals surface area contributed by atoms with Crippen LogP contribution in [0.15, 0.2) is 188 Å². The molecule has 578 valence electrons. The molecular weight excluding hydrogens is 1400 g/mol. The Morgan fingerprint density at radius 1 is 0.351 bits per heavy atom. The van der Waals surface area contributed by atoms with Crippen LogP contribution in [0, 0.1) is 0 Å². The second kappa shape index (κ2) is 34.0. The maximum atomic E-state index is 12.6. The van der Waals surface area contributed by atoms with Gasteiger partial charge < -0.3 is 75.1 Å². The van der Waals surface area contributed by atoms with Crippen LogP contribution in [0.25, 0.3) is 22.3 Å². The summed E-state index contributed by atoms with van der Waals surface area (Å²) in [6.07, 6.45) is 15.6. The summed E-state index contributed by atoms with van der Waals surface area (Å²) in [4.78, 5) is 66.2. The molecule has 4 atom stereocenters. The van der Waals surface area contributed by atoms with E-state index in [0.29, 0.717) is 97.5 Å². The summed E-state index contributed by atoms with van der Waals surface area (Å²) >= 11 is 0. The minimum absolute atomic E-state index is 0.0237. The van der Waals surface area contributed by atoms with Crippen LogP contribution in [0.4, 0.5) is 0 Å². The predicted octanol–water partition coefficient (Wildman–Crippen LogP) is 12.8. The average molecular weight is 1500 g/mol. The van der Waals surface area contributed by atoms with Gasteiger partial charge in [-0.15, -0.1) is 0 Å². The SMILES string of the molecule is CCN(CC)C(=O)c1ccc(C2=CC3(CCNC3)Oc3cccc(O)c32)cc1.CCN(CC)C(=O)c1ccc(C2=CC3(CCNC3)Oc3cccc(O)c32)cn1.CCN(CC)C(=O)c1ccc(C2=CC3(CCNC3)Oc3ccccc32)c(O)c1.CCN(CC)C(=O)c1ccc(C2=CC3(CCNC3)Oc3ccccc32)cn1. The molecule has 0 radical (unpaired) electrons. The minimum Gasteiger partial charge on any atom is -0.507 e. The number of carbonyl (C=O) groups is 4. The van der Waals surface area contributed by atoms with E-state index >= 15 is 0 Å². The molecule has 0 saturated carbocycles. The molecule has 4 fully saturated rings. The van der Waals surface area contributed by atoms with E-state index in [2.05, 4.69) is 61.6 Å². The third-order valence-corrected chi connectivity index (χ3v) is 22.1. The molecule has 0 aliphatic carbocycles. The Morgan fingerprint density at radius 2 is 0.694 bits per heavy atom. The third-order valence-electron chi connectivity index (χ3n) is 22.1. The molecule has 7 N–H and O–H groups in total. The fourth-order valence-corrected chi connectivity index (χ4v) is 15.9. The van der Waals surface area contributed by atoms with Crippen molar-refractivity contribution in [2.75, 3.05) is 105 Å². The Bertz CT molecular complexity index is 4640. The van der Waals surface area contributed by atoms with Crippen LogP contribution in [0.2, 0.25) is 0 Å². The van der Waals surface area contributed by atoms with Crippen LogP contribution in [0.3, 0.4) is 0 Å². The normalized spacial score (nSPS) is 20.5. The summed E-state index contributed by atoms with van der Waals surface area (Å²) < 4.78 is 25.2. The van der Waals surface area contributed by atoms with Crippen molar-refractivity contribution in [1.82, 2.24) is 50.8 Å². The molecule has 8 aliphatic rings. The van der Waals surface area contributed by atoms with Crippen LogP contribution in [0.1, 0.15) is 167 Å². The van der Waals surface area contributed by atoms with Gasteiger partial charge in [0, 0.05) is 156 Å². The molecule has 21 nitrogen and oxygen atoms in total.